The number of carbonyl (C=O) groups is 1. The van der Waals surface area contributed by atoms with Gasteiger partial charge in [0, 0.05) is 18.7 Å². The van der Waals surface area contributed by atoms with Gasteiger partial charge in [0.25, 0.3) is 0 Å². The SMILES string of the molecule is CCNC1CCCN(c2cc(F)cc(F)c2F)C1=O. The van der Waals surface area contributed by atoms with E-state index >= 15 is 0 Å². The molecule has 1 unspecified atom stereocenters. The molecular weight excluding hydrogens is 257 g/mol. The zero-order valence-electron chi connectivity index (χ0n) is 10.5. The molecule has 2 rings (SSSR count). The molecule has 0 aromatic heterocycles. The first-order chi connectivity index (χ1) is 9.04. The molecule has 0 radical (unpaired) electrons. The van der Waals surface area contributed by atoms with Gasteiger partial charge in [-0.05, 0) is 19.4 Å². The summed E-state index contributed by atoms with van der Waals surface area (Å²) in [6.45, 7) is 2.72. The molecule has 1 amide bonds. The van der Waals surface area contributed by atoms with Crippen LogP contribution in [0.25, 0.3) is 0 Å². The molecule has 0 aliphatic carbocycles. The summed E-state index contributed by atoms with van der Waals surface area (Å²) in [4.78, 5) is 13.3. The van der Waals surface area contributed by atoms with Crippen molar-refractivity contribution < 1.29 is 18.0 Å². The molecule has 1 aromatic rings. The van der Waals surface area contributed by atoms with Crippen LogP contribution in [-0.2, 0) is 4.79 Å². The van der Waals surface area contributed by atoms with Gasteiger partial charge in [-0.1, -0.05) is 6.92 Å². The summed E-state index contributed by atoms with van der Waals surface area (Å²) >= 11 is 0. The summed E-state index contributed by atoms with van der Waals surface area (Å²) in [5.41, 5.74) is -0.329. The number of nitrogens with one attached hydrogen (secondary N) is 1. The maximum atomic E-state index is 13.7. The van der Waals surface area contributed by atoms with Gasteiger partial charge in [0.1, 0.15) is 5.82 Å². The molecule has 1 fully saturated rings. The first kappa shape index (κ1) is 13.9. The molecule has 1 N–H and O–H groups in total. The largest absolute Gasteiger partial charge is 0.308 e. The molecule has 1 atom stereocenters. The number of halogens is 3. The summed E-state index contributed by atoms with van der Waals surface area (Å²) in [6.07, 6.45) is 1.30. The Hall–Kier alpha value is -1.56. The zero-order chi connectivity index (χ0) is 14.0. The van der Waals surface area contributed by atoms with Crippen LogP contribution < -0.4 is 10.2 Å². The van der Waals surface area contributed by atoms with Crippen LogP contribution in [0, 0.1) is 17.5 Å². The quantitative estimate of drug-likeness (QED) is 0.856. The maximum absolute atomic E-state index is 13.7. The summed E-state index contributed by atoms with van der Waals surface area (Å²) in [7, 11) is 0. The molecule has 0 saturated carbocycles. The van der Waals surface area contributed by atoms with E-state index in [1.807, 2.05) is 6.92 Å². The summed E-state index contributed by atoms with van der Waals surface area (Å²) in [5.74, 6) is -3.72. The molecule has 6 heteroatoms. The van der Waals surface area contributed by atoms with Crippen molar-refractivity contribution in [2.45, 2.75) is 25.8 Å². The molecule has 0 spiro atoms. The van der Waals surface area contributed by atoms with Gasteiger partial charge >= 0.3 is 0 Å². The fourth-order valence-corrected chi connectivity index (χ4v) is 2.29. The predicted octanol–water partition coefficient (Wildman–Crippen LogP) is 2.21. The Labute approximate surface area is 109 Å². The third kappa shape index (κ3) is 2.73. The van der Waals surface area contributed by atoms with E-state index in [1.54, 1.807) is 0 Å². The second-order valence-electron chi connectivity index (χ2n) is 4.46. The lowest BCUT2D eigenvalue weighted by Gasteiger charge is -2.32. The van der Waals surface area contributed by atoms with E-state index in [4.69, 9.17) is 0 Å². The number of hydrogen-bond acceptors (Lipinski definition) is 2. The average molecular weight is 272 g/mol. The van der Waals surface area contributed by atoms with Crippen LogP contribution in [-0.4, -0.2) is 25.0 Å². The second-order valence-corrected chi connectivity index (χ2v) is 4.46. The van der Waals surface area contributed by atoms with Crippen LogP contribution >= 0.6 is 0 Å². The number of piperidine rings is 1. The van der Waals surface area contributed by atoms with Gasteiger partial charge in [-0.2, -0.15) is 0 Å². The van der Waals surface area contributed by atoms with E-state index in [-0.39, 0.29) is 18.1 Å². The number of amides is 1. The molecule has 1 heterocycles. The lowest BCUT2D eigenvalue weighted by molar-refractivity contribution is -0.121. The average Bonchev–Trinajstić information content (AvgIpc) is 2.37. The second kappa shape index (κ2) is 5.61. The molecule has 104 valence electrons. The number of nitrogens with zero attached hydrogens (tertiary/aromatic N) is 1. The Morgan fingerprint density at radius 3 is 2.79 bits per heavy atom. The van der Waals surface area contributed by atoms with E-state index in [2.05, 4.69) is 5.32 Å². The highest BCUT2D eigenvalue weighted by molar-refractivity contribution is 5.98. The molecule has 3 nitrogen and oxygen atoms in total. The zero-order valence-corrected chi connectivity index (χ0v) is 10.5. The minimum absolute atomic E-state index is 0.264. The Morgan fingerprint density at radius 1 is 1.37 bits per heavy atom. The van der Waals surface area contributed by atoms with E-state index < -0.39 is 23.5 Å². The minimum Gasteiger partial charge on any atom is -0.308 e. The number of anilines is 1. The van der Waals surface area contributed by atoms with Gasteiger partial charge in [-0.3, -0.25) is 4.79 Å². The number of rotatable bonds is 3. The van der Waals surface area contributed by atoms with Gasteiger partial charge < -0.3 is 10.2 Å². The van der Waals surface area contributed by atoms with Gasteiger partial charge in [0.15, 0.2) is 11.6 Å². The van der Waals surface area contributed by atoms with Crippen molar-refractivity contribution >= 4 is 11.6 Å². The third-order valence-electron chi connectivity index (χ3n) is 3.15. The van der Waals surface area contributed by atoms with Crippen molar-refractivity contribution in [2.24, 2.45) is 0 Å². The van der Waals surface area contributed by atoms with Crippen molar-refractivity contribution in [3.05, 3.63) is 29.6 Å². The number of likely N-dealkylation sites (N-methyl/N-ethyl adjacent to an activating group) is 1. The van der Waals surface area contributed by atoms with E-state index in [0.29, 0.717) is 25.5 Å². The highest BCUT2D eigenvalue weighted by Gasteiger charge is 2.31. The molecule has 1 aromatic carbocycles. The minimum atomic E-state index is -1.28. The highest BCUT2D eigenvalue weighted by Crippen LogP contribution is 2.27. The van der Waals surface area contributed by atoms with Gasteiger partial charge in [-0.25, -0.2) is 13.2 Å². The van der Waals surface area contributed by atoms with Crippen molar-refractivity contribution in [1.82, 2.24) is 5.32 Å². The van der Waals surface area contributed by atoms with Crippen LogP contribution in [0.2, 0.25) is 0 Å². The van der Waals surface area contributed by atoms with Crippen molar-refractivity contribution in [2.75, 3.05) is 18.0 Å². The van der Waals surface area contributed by atoms with Gasteiger partial charge in [0.2, 0.25) is 5.91 Å². The van der Waals surface area contributed by atoms with Gasteiger partial charge in [-0.15, -0.1) is 0 Å². The van der Waals surface area contributed by atoms with E-state index in [0.717, 1.165) is 11.0 Å². The fourth-order valence-electron chi connectivity index (χ4n) is 2.29. The molecule has 1 aliphatic heterocycles. The monoisotopic (exact) mass is 272 g/mol. The molecule has 1 saturated heterocycles. The lowest BCUT2D eigenvalue weighted by atomic mass is 10.0. The first-order valence-corrected chi connectivity index (χ1v) is 6.24. The number of carbonyl (C=O) groups excluding carboxylic acids is 1. The van der Waals surface area contributed by atoms with Gasteiger partial charge in [0.05, 0.1) is 11.7 Å². The number of hydrogen-bond donors (Lipinski definition) is 1. The normalized spacial score (nSPS) is 19.9. The summed E-state index contributed by atoms with van der Waals surface area (Å²) < 4.78 is 40.1. The van der Waals surface area contributed by atoms with E-state index in [9.17, 15) is 18.0 Å². The standard InChI is InChI=1S/C13H15F3N2O/c1-2-17-10-4-3-5-18(13(10)19)11-7-8(14)6-9(15)12(11)16/h6-7,10,17H,2-5H2,1H3. The number of benzene rings is 1. The molecule has 19 heavy (non-hydrogen) atoms. The predicted molar refractivity (Wildman–Crippen MR) is 65.4 cm³/mol. The fraction of sp³-hybridized carbons (Fsp3) is 0.462. The van der Waals surface area contributed by atoms with Crippen LogP contribution in [0.15, 0.2) is 12.1 Å². The van der Waals surface area contributed by atoms with Crippen LogP contribution in [0.5, 0.6) is 0 Å². The highest BCUT2D eigenvalue weighted by atomic mass is 19.2. The summed E-state index contributed by atoms with van der Waals surface area (Å²) in [5, 5.41) is 2.98. The third-order valence-corrected chi connectivity index (χ3v) is 3.15. The Balaban J connectivity index is 2.33. The van der Waals surface area contributed by atoms with Crippen LogP contribution in [0.3, 0.4) is 0 Å². The molecule has 0 bridgehead atoms. The topological polar surface area (TPSA) is 32.3 Å². The van der Waals surface area contributed by atoms with Crippen molar-refractivity contribution in [3.63, 3.8) is 0 Å². The molecular formula is C13H15F3N2O. The van der Waals surface area contributed by atoms with Crippen molar-refractivity contribution in [3.8, 4) is 0 Å². The summed E-state index contributed by atoms with van der Waals surface area (Å²) in [6, 6.07) is 0.893. The Kier molecular flexibility index (Phi) is 4.09. The van der Waals surface area contributed by atoms with Crippen LogP contribution in [0.1, 0.15) is 19.8 Å². The Morgan fingerprint density at radius 2 is 2.11 bits per heavy atom. The first-order valence-electron chi connectivity index (χ1n) is 6.24. The van der Waals surface area contributed by atoms with Crippen LogP contribution in [0.4, 0.5) is 18.9 Å². The Bertz CT molecular complexity index is 491. The maximum Gasteiger partial charge on any atom is 0.244 e. The molecule has 1 aliphatic rings. The smallest absolute Gasteiger partial charge is 0.244 e. The van der Waals surface area contributed by atoms with Crippen molar-refractivity contribution in [1.29, 1.82) is 0 Å². The lowest BCUT2D eigenvalue weighted by Crippen LogP contribution is -2.51. The van der Waals surface area contributed by atoms with E-state index in [1.165, 1.54) is 0 Å².